The van der Waals surface area contributed by atoms with Crippen molar-refractivity contribution in [3.8, 4) is 17.5 Å². The van der Waals surface area contributed by atoms with Gasteiger partial charge in [-0.05, 0) is 43.2 Å². The molecule has 0 aliphatic carbocycles. The largest absolute Gasteiger partial charge is 0.325 e. The summed E-state index contributed by atoms with van der Waals surface area (Å²) in [5.41, 5.74) is 3.43. The quantitative estimate of drug-likeness (QED) is 0.633. The minimum Gasteiger partial charge on any atom is -0.325 e. The van der Waals surface area contributed by atoms with E-state index in [1.807, 2.05) is 18.2 Å². The number of aromatic nitrogens is 3. The molecule has 0 fully saturated rings. The van der Waals surface area contributed by atoms with Crippen molar-refractivity contribution in [3.05, 3.63) is 59.7 Å². The number of anilines is 1. The third kappa shape index (κ3) is 4.74. The average Bonchev–Trinajstić information content (AvgIpc) is 3.17. The highest BCUT2D eigenvalue weighted by Crippen LogP contribution is 2.24. The Balaban J connectivity index is 1.61. The van der Waals surface area contributed by atoms with Crippen LogP contribution in [0.2, 0.25) is 0 Å². The van der Waals surface area contributed by atoms with E-state index in [0.29, 0.717) is 22.2 Å². The van der Waals surface area contributed by atoms with Gasteiger partial charge in [0.2, 0.25) is 11.1 Å². The van der Waals surface area contributed by atoms with Gasteiger partial charge in [-0.25, -0.2) is 4.98 Å². The molecule has 1 amide bonds. The zero-order valence-corrected chi connectivity index (χ0v) is 15.9. The molecule has 0 aliphatic heterocycles. The number of carbonyl (C=O) groups is 1. The molecule has 2 aromatic carbocycles. The molecule has 3 rings (SSSR count). The second kappa shape index (κ2) is 8.52. The summed E-state index contributed by atoms with van der Waals surface area (Å²) in [6.07, 6.45) is 0.990. The maximum Gasteiger partial charge on any atom is 0.237 e. The first-order valence-corrected chi connectivity index (χ1v) is 9.46. The second-order valence-corrected chi connectivity index (χ2v) is 7.26. The van der Waals surface area contributed by atoms with Gasteiger partial charge in [0, 0.05) is 11.3 Å². The first kappa shape index (κ1) is 18.7. The minimum atomic E-state index is -0.369. The van der Waals surface area contributed by atoms with E-state index in [-0.39, 0.29) is 11.2 Å². The molecule has 136 valence electrons. The number of H-pyrrole nitrogens is 1. The number of nitrogens with zero attached hydrogens (tertiary/aromatic N) is 3. The number of nitrogens with one attached hydrogen (secondary N) is 2. The van der Waals surface area contributed by atoms with Gasteiger partial charge in [0.15, 0.2) is 5.82 Å². The van der Waals surface area contributed by atoms with Gasteiger partial charge in [0.1, 0.15) is 0 Å². The normalized spacial score (nSPS) is 11.6. The van der Waals surface area contributed by atoms with Gasteiger partial charge >= 0.3 is 0 Å². The molecule has 0 bridgehead atoms. The average molecular weight is 377 g/mol. The lowest BCUT2D eigenvalue weighted by Crippen LogP contribution is -2.22. The molecular weight excluding hydrogens is 358 g/mol. The topological polar surface area (TPSA) is 94.5 Å². The van der Waals surface area contributed by atoms with Crippen molar-refractivity contribution >= 4 is 23.4 Å². The van der Waals surface area contributed by atoms with Crippen LogP contribution >= 0.6 is 11.8 Å². The van der Waals surface area contributed by atoms with Crippen LogP contribution in [0.4, 0.5) is 5.69 Å². The summed E-state index contributed by atoms with van der Waals surface area (Å²) in [5, 5.41) is 18.9. The van der Waals surface area contributed by atoms with Crippen LogP contribution in [-0.4, -0.2) is 26.3 Å². The Kier molecular flexibility index (Phi) is 5.89. The number of amides is 1. The van der Waals surface area contributed by atoms with Crippen molar-refractivity contribution in [1.29, 1.82) is 5.26 Å². The molecule has 7 heteroatoms. The molecule has 1 atom stereocenters. The Morgan fingerprint density at radius 2 is 1.93 bits per heavy atom. The summed E-state index contributed by atoms with van der Waals surface area (Å²) in [6, 6.07) is 16.9. The van der Waals surface area contributed by atoms with Crippen LogP contribution in [-0.2, 0) is 11.2 Å². The standard InChI is InChI=1S/C20H19N5OS/c1-3-14-4-8-16(9-5-14)18-23-20(25-24-18)27-13(2)19(26)22-17-10-6-15(12-21)7-11-17/h4-11,13H,3H2,1-2H3,(H,22,26)(H,23,24,25). The monoisotopic (exact) mass is 377 g/mol. The number of aryl methyl sites for hydroxylation is 1. The van der Waals surface area contributed by atoms with Crippen molar-refractivity contribution in [2.75, 3.05) is 5.32 Å². The Bertz CT molecular complexity index is 957. The van der Waals surface area contributed by atoms with Crippen LogP contribution in [0.3, 0.4) is 0 Å². The van der Waals surface area contributed by atoms with E-state index < -0.39 is 0 Å². The zero-order chi connectivity index (χ0) is 19.2. The number of hydrogen-bond donors (Lipinski definition) is 2. The summed E-state index contributed by atoms with van der Waals surface area (Å²) in [4.78, 5) is 16.8. The molecule has 1 aromatic heterocycles. The molecule has 6 nitrogen and oxygen atoms in total. The van der Waals surface area contributed by atoms with Gasteiger partial charge < -0.3 is 5.32 Å². The van der Waals surface area contributed by atoms with E-state index in [9.17, 15) is 4.79 Å². The SMILES string of the molecule is CCc1ccc(-c2nc(SC(C)C(=O)Nc3ccc(C#N)cc3)n[nH]2)cc1. The fourth-order valence-electron chi connectivity index (χ4n) is 2.41. The Morgan fingerprint density at radius 3 is 2.56 bits per heavy atom. The van der Waals surface area contributed by atoms with Gasteiger partial charge in [-0.15, -0.1) is 5.10 Å². The molecule has 1 heterocycles. The first-order chi connectivity index (χ1) is 13.1. The minimum absolute atomic E-state index is 0.150. The van der Waals surface area contributed by atoms with Crippen molar-refractivity contribution in [3.63, 3.8) is 0 Å². The number of carbonyl (C=O) groups excluding carboxylic acids is 1. The number of rotatable bonds is 6. The van der Waals surface area contributed by atoms with Crippen molar-refractivity contribution in [1.82, 2.24) is 15.2 Å². The first-order valence-electron chi connectivity index (χ1n) is 8.58. The highest BCUT2D eigenvalue weighted by atomic mass is 32.2. The second-order valence-electron chi connectivity index (χ2n) is 5.96. The van der Waals surface area contributed by atoms with E-state index in [2.05, 4.69) is 39.6 Å². The molecular formula is C20H19N5OS. The third-order valence-electron chi connectivity index (χ3n) is 4.03. The highest BCUT2D eigenvalue weighted by molar-refractivity contribution is 8.00. The summed E-state index contributed by atoms with van der Waals surface area (Å²) >= 11 is 1.28. The van der Waals surface area contributed by atoms with Gasteiger partial charge in [-0.1, -0.05) is 43.0 Å². The Hall–Kier alpha value is -3.11. The molecule has 27 heavy (non-hydrogen) atoms. The maximum atomic E-state index is 12.4. The number of thioether (sulfide) groups is 1. The molecule has 0 spiro atoms. The van der Waals surface area contributed by atoms with Crippen LogP contribution in [0.25, 0.3) is 11.4 Å². The van der Waals surface area contributed by atoms with Gasteiger partial charge in [-0.2, -0.15) is 5.26 Å². The van der Waals surface area contributed by atoms with E-state index in [4.69, 9.17) is 5.26 Å². The van der Waals surface area contributed by atoms with Gasteiger partial charge in [0.25, 0.3) is 0 Å². The van der Waals surface area contributed by atoms with E-state index in [1.165, 1.54) is 17.3 Å². The predicted octanol–water partition coefficient (Wildman–Crippen LogP) is 4.03. The zero-order valence-electron chi connectivity index (χ0n) is 15.1. The highest BCUT2D eigenvalue weighted by Gasteiger charge is 2.17. The molecule has 0 radical (unpaired) electrons. The molecule has 0 saturated heterocycles. The van der Waals surface area contributed by atoms with E-state index in [0.717, 1.165) is 12.0 Å². The maximum absolute atomic E-state index is 12.4. The number of benzene rings is 2. The van der Waals surface area contributed by atoms with Crippen LogP contribution in [0.15, 0.2) is 53.7 Å². The lowest BCUT2D eigenvalue weighted by atomic mass is 10.1. The van der Waals surface area contributed by atoms with Crippen molar-refractivity contribution < 1.29 is 4.79 Å². The predicted molar refractivity (Wildman–Crippen MR) is 106 cm³/mol. The lowest BCUT2D eigenvalue weighted by molar-refractivity contribution is -0.115. The molecule has 3 aromatic rings. The third-order valence-corrected chi connectivity index (χ3v) is 4.99. The van der Waals surface area contributed by atoms with Crippen LogP contribution in [0.5, 0.6) is 0 Å². The number of aromatic amines is 1. The van der Waals surface area contributed by atoms with Crippen LogP contribution in [0.1, 0.15) is 25.0 Å². The van der Waals surface area contributed by atoms with Gasteiger partial charge in [-0.3, -0.25) is 9.89 Å². The fourth-order valence-corrected chi connectivity index (χ4v) is 3.13. The smallest absolute Gasteiger partial charge is 0.237 e. The van der Waals surface area contributed by atoms with Crippen LogP contribution < -0.4 is 5.32 Å². The fraction of sp³-hybridized carbons (Fsp3) is 0.200. The summed E-state index contributed by atoms with van der Waals surface area (Å²) < 4.78 is 0. The Morgan fingerprint density at radius 1 is 1.22 bits per heavy atom. The summed E-state index contributed by atoms with van der Waals surface area (Å²) in [7, 11) is 0. The van der Waals surface area contributed by atoms with Crippen LogP contribution in [0, 0.1) is 11.3 Å². The van der Waals surface area contributed by atoms with Crippen molar-refractivity contribution in [2.45, 2.75) is 30.7 Å². The van der Waals surface area contributed by atoms with E-state index in [1.54, 1.807) is 31.2 Å². The molecule has 0 saturated carbocycles. The molecule has 1 unspecified atom stereocenters. The Labute approximate surface area is 162 Å². The molecule has 0 aliphatic rings. The van der Waals surface area contributed by atoms with Gasteiger partial charge in [0.05, 0.1) is 16.9 Å². The summed E-state index contributed by atoms with van der Waals surface area (Å²) in [6.45, 7) is 3.91. The van der Waals surface area contributed by atoms with Crippen molar-refractivity contribution in [2.24, 2.45) is 0 Å². The van der Waals surface area contributed by atoms with E-state index >= 15 is 0 Å². The summed E-state index contributed by atoms with van der Waals surface area (Å²) in [5.74, 6) is 0.531. The number of nitriles is 1. The molecule has 2 N–H and O–H groups in total. The number of hydrogen-bond acceptors (Lipinski definition) is 5. The lowest BCUT2D eigenvalue weighted by Gasteiger charge is -2.10.